The summed E-state index contributed by atoms with van der Waals surface area (Å²) in [6, 6.07) is 0. The molecular formula is C14H27NO. The van der Waals surface area contributed by atoms with Crippen molar-refractivity contribution in [2.75, 3.05) is 26.7 Å². The molecule has 2 rings (SSSR count). The fraction of sp³-hybridized carbons (Fsp3) is 1.00. The van der Waals surface area contributed by atoms with Gasteiger partial charge in [0.15, 0.2) is 0 Å². The highest BCUT2D eigenvalue weighted by atomic mass is 16.3. The molecule has 0 radical (unpaired) electrons. The Hall–Kier alpha value is -0.0800. The highest BCUT2D eigenvalue weighted by molar-refractivity contribution is 4.88. The molecule has 0 aromatic heterocycles. The van der Waals surface area contributed by atoms with Crippen molar-refractivity contribution in [3.05, 3.63) is 0 Å². The van der Waals surface area contributed by atoms with Gasteiger partial charge in [-0.25, -0.2) is 0 Å². The van der Waals surface area contributed by atoms with Crippen LogP contribution in [0.25, 0.3) is 0 Å². The van der Waals surface area contributed by atoms with E-state index >= 15 is 0 Å². The molecule has 0 heterocycles. The van der Waals surface area contributed by atoms with E-state index in [1.165, 1.54) is 45.1 Å². The van der Waals surface area contributed by atoms with E-state index in [1.54, 1.807) is 0 Å². The topological polar surface area (TPSA) is 23.5 Å². The van der Waals surface area contributed by atoms with Gasteiger partial charge in [0.2, 0.25) is 0 Å². The molecule has 2 saturated carbocycles. The maximum atomic E-state index is 9.67. The quantitative estimate of drug-likeness (QED) is 0.777. The van der Waals surface area contributed by atoms with Crippen LogP contribution in [0.4, 0.5) is 0 Å². The van der Waals surface area contributed by atoms with E-state index in [9.17, 15) is 5.11 Å². The van der Waals surface area contributed by atoms with Crippen LogP contribution < -0.4 is 0 Å². The van der Waals surface area contributed by atoms with E-state index in [-0.39, 0.29) is 5.41 Å². The maximum Gasteiger partial charge on any atom is 0.0499 e. The zero-order valence-electron chi connectivity index (χ0n) is 10.9. The summed E-state index contributed by atoms with van der Waals surface area (Å²) in [5, 5.41) is 9.67. The Bertz CT molecular complexity index is 223. The Labute approximate surface area is 100 Å². The van der Waals surface area contributed by atoms with E-state index in [4.69, 9.17) is 0 Å². The molecule has 0 amide bonds. The van der Waals surface area contributed by atoms with Gasteiger partial charge in [0.25, 0.3) is 0 Å². The van der Waals surface area contributed by atoms with Crippen molar-refractivity contribution in [1.82, 2.24) is 4.90 Å². The minimum absolute atomic E-state index is 0.227. The monoisotopic (exact) mass is 225 g/mol. The molecule has 0 aliphatic heterocycles. The Morgan fingerprint density at radius 1 is 1.25 bits per heavy atom. The molecule has 2 atom stereocenters. The van der Waals surface area contributed by atoms with Crippen LogP contribution in [0, 0.1) is 17.3 Å². The summed E-state index contributed by atoms with van der Waals surface area (Å²) < 4.78 is 0. The first-order valence-electron chi connectivity index (χ1n) is 6.95. The van der Waals surface area contributed by atoms with E-state index in [1.807, 2.05) is 0 Å². The zero-order valence-corrected chi connectivity index (χ0v) is 10.9. The summed E-state index contributed by atoms with van der Waals surface area (Å²) in [4.78, 5) is 2.47. The fourth-order valence-corrected chi connectivity index (χ4v) is 3.36. The second-order valence-electron chi connectivity index (χ2n) is 6.39. The van der Waals surface area contributed by atoms with Gasteiger partial charge in [0.1, 0.15) is 0 Å². The molecule has 2 unspecified atom stereocenters. The molecule has 1 N–H and O–H groups in total. The number of aliphatic hydroxyl groups is 1. The summed E-state index contributed by atoms with van der Waals surface area (Å²) in [5.74, 6) is 1.88. The predicted molar refractivity (Wildman–Crippen MR) is 67.4 cm³/mol. The van der Waals surface area contributed by atoms with Crippen molar-refractivity contribution < 1.29 is 5.11 Å². The maximum absolute atomic E-state index is 9.67. The first-order valence-corrected chi connectivity index (χ1v) is 6.95. The van der Waals surface area contributed by atoms with Crippen molar-refractivity contribution >= 4 is 0 Å². The summed E-state index contributed by atoms with van der Waals surface area (Å²) >= 11 is 0. The van der Waals surface area contributed by atoms with Crippen molar-refractivity contribution in [3.63, 3.8) is 0 Å². The summed E-state index contributed by atoms with van der Waals surface area (Å²) in [6.45, 7) is 5.08. The van der Waals surface area contributed by atoms with Crippen molar-refractivity contribution in [2.24, 2.45) is 17.3 Å². The van der Waals surface area contributed by atoms with Gasteiger partial charge < -0.3 is 10.0 Å². The Morgan fingerprint density at radius 3 is 2.38 bits per heavy atom. The molecule has 2 aliphatic rings. The highest BCUT2D eigenvalue weighted by Crippen LogP contribution is 2.40. The van der Waals surface area contributed by atoms with E-state index in [2.05, 4.69) is 18.9 Å². The van der Waals surface area contributed by atoms with Crippen LogP contribution in [0.5, 0.6) is 0 Å². The Kier molecular flexibility index (Phi) is 3.91. The number of hydrogen-bond donors (Lipinski definition) is 1. The second-order valence-corrected chi connectivity index (χ2v) is 6.39. The summed E-state index contributed by atoms with van der Waals surface area (Å²) in [5.41, 5.74) is 0.227. The summed E-state index contributed by atoms with van der Waals surface area (Å²) in [7, 11) is 2.23. The number of nitrogens with zero attached hydrogens (tertiary/aromatic N) is 1. The Morgan fingerprint density at radius 2 is 1.88 bits per heavy atom. The molecule has 0 aromatic rings. The van der Waals surface area contributed by atoms with E-state index in [0.717, 1.165) is 18.4 Å². The lowest BCUT2D eigenvalue weighted by Crippen LogP contribution is -2.40. The molecule has 2 nitrogen and oxygen atoms in total. The minimum atomic E-state index is 0.227. The SMILES string of the molecule is CC1CC1CN(C)CC1(CO)CCCCC1. The molecule has 2 aliphatic carbocycles. The van der Waals surface area contributed by atoms with Gasteiger partial charge in [-0.05, 0) is 38.1 Å². The number of hydrogen-bond acceptors (Lipinski definition) is 2. The van der Waals surface area contributed by atoms with Gasteiger partial charge in [0.05, 0.1) is 0 Å². The third-order valence-corrected chi connectivity index (χ3v) is 4.68. The molecule has 0 bridgehead atoms. The van der Waals surface area contributed by atoms with Crippen LogP contribution in [0.2, 0.25) is 0 Å². The van der Waals surface area contributed by atoms with Crippen LogP contribution in [0.15, 0.2) is 0 Å². The fourth-order valence-electron chi connectivity index (χ4n) is 3.36. The van der Waals surface area contributed by atoms with Crippen LogP contribution >= 0.6 is 0 Å². The number of aliphatic hydroxyl groups excluding tert-OH is 1. The van der Waals surface area contributed by atoms with Gasteiger partial charge in [0, 0.05) is 25.1 Å². The van der Waals surface area contributed by atoms with Crippen molar-refractivity contribution in [2.45, 2.75) is 45.4 Å². The third-order valence-electron chi connectivity index (χ3n) is 4.68. The van der Waals surface area contributed by atoms with Crippen LogP contribution in [0.3, 0.4) is 0 Å². The van der Waals surface area contributed by atoms with Crippen LogP contribution in [0.1, 0.15) is 45.4 Å². The average Bonchev–Trinajstić information content (AvgIpc) is 2.95. The van der Waals surface area contributed by atoms with Crippen molar-refractivity contribution in [1.29, 1.82) is 0 Å². The van der Waals surface area contributed by atoms with Crippen LogP contribution in [-0.2, 0) is 0 Å². The van der Waals surface area contributed by atoms with E-state index < -0.39 is 0 Å². The zero-order chi connectivity index (χ0) is 11.6. The summed E-state index contributed by atoms with van der Waals surface area (Å²) in [6.07, 6.45) is 7.87. The molecule has 0 spiro atoms. The largest absolute Gasteiger partial charge is 0.396 e. The molecule has 16 heavy (non-hydrogen) atoms. The normalized spacial score (nSPS) is 33.0. The van der Waals surface area contributed by atoms with Gasteiger partial charge in [-0.2, -0.15) is 0 Å². The smallest absolute Gasteiger partial charge is 0.0499 e. The second kappa shape index (κ2) is 5.05. The number of rotatable bonds is 5. The third kappa shape index (κ3) is 2.98. The first kappa shape index (κ1) is 12.4. The van der Waals surface area contributed by atoms with Gasteiger partial charge in [-0.15, -0.1) is 0 Å². The van der Waals surface area contributed by atoms with Gasteiger partial charge >= 0.3 is 0 Å². The lowest BCUT2D eigenvalue weighted by molar-refractivity contribution is 0.0469. The molecular weight excluding hydrogens is 198 g/mol. The average molecular weight is 225 g/mol. The standard InChI is InChI=1S/C14H27NO/c1-12-8-13(12)9-15(2)10-14(11-16)6-4-3-5-7-14/h12-13,16H,3-11H2,1-2H3. The first-order chi connectivity index (χ1) is 7.65. The van der Waals surface area contributed by atoms with Crippen molar-refractivity contribution in [3.8, 4) is 0 Å². The molecule has 94 valence electrons. The van der Waals surface area contributed by atoms with Crippen LogP contribution in [-0.4, -0.2) is 36.8 Å². The molecule has 2 heteroatoms. The Balaban J connectivity index is 1.80. The molecule has 2 fully saturated rings. The highest BCUT2D eigenvalue weighted by Gasteiger charge is 2.36. The predicted octanol–water partition coefficient (Wildman–Crippen LogP) is 2.52. The lowest BCUT2D eigenvalue weighted by Gasteiger charge is -2.38. The van der Waals surface area contributed by atoms with Gasteiger partial charge in [-0.3, -0.25) is 0 Å². The lowest BCUT2D eigenvalue weighted by atomic mass is 9.74. The molecule has 0 saturated heterocycles. The molecule has 0 aromatic carbocycles. The minimum Gasteiger partial charge on any atom is -0.396 e. The van der Waals surface area contributed by atoms with Gasteiger partial charge in [-0.1, -0.05) is 26.2 Å². The van der Waals surface area contributed by atoms with E-state index in [0.29, 0.717) is 6.61 Å².